The Bertz CT molecular complexity index is 1130. The number of rotatable bonds is 2. The first-order valence-electron chi connectivity index (χ1n) is 10.8. The van der Waals surface area contributed by atoms with Crippen molar-refractivity contribution in [3.05, 3.63) is 88.8 Å². The van der Waals surface area contributed by atoms with Crippen LogP contribution in [-0.2, 0) is 15.9 Å². The van der Waals surface area contributed by atoms with Crippen molar-refractivity contribution in [2.24, 2.45) is 5.41 Å². The number of aromatic nitrogens is 2. The summed E-state index contributed by atoms with van der Waals surface area (Å²) in [6, 6.07) is 19.0. The predicted octanol–water partition coefficient (Wildman–Crippen LogP) is 5.40. The van der Waals surface area contributed by atoms with Gasteiger partial charge in [-0.15, -0.1) is 0 Å². The molecule has 4 nitrogen and oxygen atoms in total. The minimum Gasteiger partial charge on any atom is -0.346 e. The Balaban J connectivity index is 1.35. The lowest BCUT2D eigenvalue weighted by atomic mass is 9.72. The number of ether oxygens (including phenoxy) is 2. The molecule has 2 heterocycles. The van der Waals surface area contributed by atoms with Gasteiger partial charge >= 0.3 is 0 Å². The van der Waals surface area contributed by atoms with E-state index in [1.165, 1.54) is 28.0 Å². The number of fused-ring (bicyclic) bond motifs is 3. The maximum absolute atomic E-state index is 6.70. The first-order chi connectivity index (χ1) is 14.6. The number of hydrogen-bond donors (Lipinski definition) is 0. The summed E-state index contributed by atoms with van der Waals surface area (Å²) in [7, 11) is 0. The molecule has 3 aliphatic rings. The van der Waals surface area contributed by atoms with Crippen molar-refractivity contribution in [2.45, 2.75) is 45.0 Å². The minimum absolute atomic E-state index is 0.000876. The van der Waals surface area contributed by atoms with Gasteiger partial charge in [-0.25, -0.2) is 4.68 Å². The fourth-order valence-electron chi connectivity index (χ4n) is 5.46. The fraction of sp³-hybridized carbons (Fsp3) is 0.346. The van der Waals surface area contributed by atoms with Crippen molar-refractivity contribution < 1.29 is 9.47 Å². The molecule has 0 amide bonds. The lowest BCUT2D eigenvalue weighted by Gasteiger charge is -2.41. The van der Waals surface area contributed by atoms with Gasteiger partial charge in [0.1, 0.15) is 6.10 Å². The molecule has 0 bridgehead atoms. The topological polar surface area (TPSA) is 36.3 Å². The summed E-state index contributed by atoms with van der Waals surface area (Å²) in [5.74, 6) is -0.553. The molecule has 3 aromatic rings. The SMILES string of the molecule is Cc1ccc(-n2ncc3c2C=C2CC[C@]4(OC[C@H](c5ccccc5)O4)[C@@]2(C)C3)cc1. The van der Waals surface area contributed by atoms with Crippen LogP contribution >= 0.6 is 0 Å². The van der Waals surface area contributed by atoms with Crippen LogP contribution in [0.5, 0.6) is 0 Å². The van der Waals surface area contributed by atoms with Crippen molar-refractivity contribution >= 4 is 6.08 Å². The summed E-state index contributed by atoms with van der Waals surface area (Å²) in [4.78, 5) is 0. The number of aryl methyl sites for hydroxylation is 1. The third-order valence-corrected chi connectivity index (χ3v) is 7.26. The van der Waals surface area contributed by atoms with Crippen molar-refractivity contribution in [3.63, 3.8) is 0 Å². The lowest BCUT2D eigenvalue weighted by Crippen LogP contribution is -2.46. The maximum Gasteiger partial charge on any atom is 0.178 e. The molecular formula is C26H26N2O2. The van der Waals surface area contributed by atoms with Gasteiger partial charge in [0.05, 0.1) is 24.2 Å². The molecule has 1 saturated carbocycles. The Morgan fingerprint density at radius 2 is 1.87 bits per heavy atom. The van der Waals surface area contributed by atoms with Gasteiger partial charge in [-0.2, -0.15) is 5.10 Å². The zero-order chi connectivity index (χ0) is 20.3. The van der Waals surface area contributed by atoms with E-state index in [0.29, 0.717) is 6.61 Å². The Labute approximate surface area is 177 Å². The zero-order valence-corrected chi connectivity index (χ0v) is 17.5. The van der Waals surface area contributed by atoms with E-state index in [-0.39, 0.29) is 11.5 Å². The lowest BCUT2D eigenvalue weighted by molar-refractivity contribution is -0.218. The van der Waals surface area contributed by atoms with Gasteiger partial charge in [0.2, 0.25) is 0 Å². The first-order valence-corrected chi connectivity index (χ1v) is 10.8. The van der Waals surface area contributed by atoms with E-state index in [1.54, 1.807) is 0 Å². The molecule has 1 aromatic heterocycles. The van der Waals surface area contributed by atoms with Crippen LogP contribution in [0.4, 0.5) is 0 Å². The van der Waals surface area contributed by atoms with Crippen LogP contribution in [0, 0.1) is 12.3 Å². The van der Waals surface area contributed by atoms with Gasteiger partial charge in [0, 0.05) is 11.8 Å². The van der Waals surface area contributed by atoms with Crippen LogP contribution in [0.3, 0.4) is 0 Å². The molecule has 152 valence electrons. The normalized spacial score (nSPS) is 29.7. The smallest absolute Gasteiger partial charge is 0.178 e. The quantitative estimate of drug-likeness (QED) is 0.579. The van der Waals surface area contributed by atoms with E-state index in [0.717, 1.165) is 24.9 Å². The Morgan fingerprint density at radius 1 is 1.07 bits per heavy atom. The monoisotopic (exact) mass is 398 g/mol. The van der Waals surface area contributed by atoms with Gasteiger partial charge in [-0.05, 0) is 49.1 Å². The molecule has 1 aliphatic heterocycles. The van der Waals surface area contributed by atoms with Crippen molar-refractivity contribution in [3.8, 4) is 5.69 Å². The fourth-order valence-corrected chi connectivity index (χ4v) is 5.46. The molecule has 1 spiro atoms. The molecule has 3 atom stereocenters. The van der Waals surface area contributed by atoms with Crippen LogP contribution in [-0.4, -0.2) is 22.2 Å². The van der Waals surface area contributed by atoms with E-state index in [4.69, 9.17) is 14.6 Å². The largest absolute Gasteiger partial charge is 0.346 e. The van der Waals surface area contributed by atoms with Crippen LogP contribution in [0.25, 0.3) is 11.8 Å². The van der Waals surface area contributed by atoms with Gasteiger partial charge < -0.3 is 9.47 Å². The Morgan fingerprint density at radius 3 is 2.67 bits per heavy atom. The number of benzene rings is 2. The van der Waals surface area contributed by atoms with E-state index < -0.39 is 5.79 Å². The Kier molecular flexibility index (Phi) is 3.86. The molecule has 0 unspecified atom stereocenters. The highest BCUT2D eigenvalue weighted by Gasteiger charge is 2.61. The molecule has 2 aliphatic carbocycles. The average Bonchev–Trinajstić information content (AvgIpc) is 3.45. The van der Waals surface area contributed by atoms with Gasteiger partial charge in [-0.3, -0.25) is 0 Å². The second kappa shape index (κ2) is 6.40. The van der Waals surface area contributed by atoms with E-state index in [1.807, 2.05) is 12.3 Å². The summed E-state index contributed by atoms with van der Waals surface area (Å²) in [6.07, 6.45) is 7.14. The molecule has 2 fully saturated rings. The minimum atomic E-state index is -0.553. The molecule has 6 rings (SSSR count). The molecule has 1 saturated heterocycles. The third kappa shape index (κ3) is 2.50. The Hall–Kier alpha value is -2.69. The predicted molar refractivity (Wildman–Crippen MR) is 116 cm³/mol. The highest BCUT2D eigenvalue weighted by Crippen LogP contribution is 2.60. The van der Waals surface area contributed by atoms with E-state index in [9.17, 15) is 0 Å². The highest BCUT2D eigenvalue weighted by atomic mass is 16.7. The highest BCUT2D eigenvalue weighted by molar-refractivity contribution is 5.62. The maximum atomic E-state index is 6.70. The summed E-state index contributed by atoms with van der Waals surface area (Å²) < 4.78 is 15.2. The van der Waals surface area contributed by atoms with Crippen LogP contribution in [0.15, 0.2) is 66.4 Å². The van der Waals surface area contributed by atoms with Crippen LogP contribution in [0.2, 0.25) is 0 Å². The van der Waals surface area contributed by atoms with Crippen molar-refractivity contribution in [2.75, 3.05) is 6.61 Å². The summed E-state index contributed by atoms with van der Waals surface area (Å²) in [6.45, 7) is 5.03. The standard InChI is InChI=1S/C26H26N2O2/c1-18-8-10-22(11-9-18)28-23-14-21-12-13-26(25(21,2)15-20(23)16-27-28)29-17-24(30-26)19-6-4-3-5-7-19/h3-11,14,16,24H,12-13,15,17H2,1-2H3/t24-,25+,26-/m1/s1. The van der Waals surface area contributed by atoms with E-state index in [2.05, 4.69) is 73.1 Å². The number of nitrogens with zero attached hydrogens (tertiary/aromatic N) is 2. The van der Waals surface area contributed by atoms with Crippen molar-refractivity contribution in [1.82, 2.24) is 9.78 Å². The van der Waals surface area contributed by atoms with E-state index >= 15 is 0 Å². The summed E-state index contributed by atoms with van der Waals surface area (Å²) in [5.41, 5.74) is 7.26. The number of hydrogen-bond acceptors (Lipinski definition) is 3. The molecular weight excluding hydrogens is 372 g/mol. The van der Waals surface area contributed by atoms with Gasteiger partial charge in [0.25, 0.3) is 0 Å². The molecule has 2 aromatic carbocycles. The van der Waals surface area contributed by atoms with Crippen LogP contribution in [0.1, 0.15) is 48.3 Å². The molecule has 4 heteroatoms. The summed E-state index contributed by atoms with van der Waals surface area (Å²) >= 11 is 0. The molecule has 0 radical (unpaired) electrons. The third-order valence-electron chi connectivity index (χ3n) is 7.26. The summed E-state index contributed by atoms with van der Waals surface area (Å²) in [5, 5.41) is 4.72. The average molecular weight is 399 g/mol. The molecule has 30 heavy (non-hydrogen) atoms. The van der Waals surface area contributed by atoms with Gasteiger partial charge in [0.15, 0.2) is 5.79 Å². The second-order valence-corrected chi connectivity index (χ2v) is 9.06. The van der Waals surface area contributed by atoms with Gasteiger partial charge in [-0.1, -0.05) is 60.5 Å². The zero-order valence-electron chi connectivity index (χ0n) is 17.5. The second-order valence-electron chi connectivity index (χ2n) is 9.06. The first kappa shape index (κ1) is 18.1. The van der Waals surface area contributed by atoms with Crippen molar-refractivity contribution in [1.29, 1.82) is 0 Å². The molecule has 0 N–H and O–H groups in total. The van der Waals surface area contributed by atoms with Crippen LogP contribution < -0.4 is 0 Å².